The van der Waals surface area contributed by atoms with Crippen LogP contribution in [0.1, 0.15) is 39.3 Å². The standard InChI is InChI=1S/C34H30O4/c1-20-16-22(3)27(17-21(20)2)34(23-12-14-32(37)28(18-23)25-8-4-6-10-30(25)35)24-13-15-33(38)29(19-24)26-9-5-7-11-31(26)36/h4-19,34-38H,1-3H3. The van der Waals surface area contributed by atoms with Gasteiger partial charge in [-0.3, -0.25) is 0 Å². The highest BCUT2D eigenvalue weighted by atomic mass is 16.3. The third-order valence-corrected chi connectivity index (χ3v) is 7.29. The molecule has 0 fully saturated rings. The van der Waals surface area contributed by atoms with Gasteiger partial charge in [-0.1, -0.05) is 60.7 Å². The summed E-state index contributed by atoms with van der Waals surface area (Å²) in [6.07, 6.45) is 0. The Morgan fingerprint density at radius 3 is 1.32 bits per heavy atom. The van der Waals surface area contributed by atoms with Crippen LogP contribution in [0.25, 0.3) is 22.3 Å². The van der Waals surface area contributed by atoms with E-state index in [1.54, 1.807) is 48.5 Å². The molecule has 5 aromatic rings. The monoisotopic (exact) mass is 502 g/mol. The van der Waals surface area contributed by atoms with Gasteiger partial charge in [-0.2, -0.15) is 0 Å². The molecule has 0 heterocycles. The molecule has 4 nitrogen and oxygen atoms in total. The van der Waals surface area contributed by atoms with Gasteiger partial charge in [0, 0.05) is 28.2 Å². The predicted octanol–water partition coefficient (Wildman–Crippen LogP) is 7.95. The van der Waals surface area contributed by atoms with Crippen molar-refractivity contribution in [2.24, 2.45) is 0 Å². The van der Waals surface area contributed by atoms with E-state index in [1.807, 2.05) is 36.4 Å². The number of rotatable bonds is 5. The second-order valence-corrected chi connectivity index (χ2v) is 9.81. The summed E-state index contributed by atoms with van der Waals surface area (Å²) in [6.45, 7) is 6.27. The van der Waals surface area contributed by atoms with Gasteiger partial charge < -0.3 is 20.4 Å². The average molecular weight is 503 g/mol. The van der Waals surface area contributed by atoms with Crippen molar-refractivity contribution >= 4 is 0 Å². The highest BCUT2D eigenvalue weighted by Gasteiger charge is 2.23. The van der Waals surface area contributed by atoms with Crippen molar-refractivity contribution in [3.8, 4) is 45.3 Å². The topological polar surface area (TPSA) is 80.9 Å². The Morgan fingerprint density at radius 2 is 0.842 bits per heavy atom. The number of phenols is 4. The highest BCUT2D eigenvalue weighted by Crippen LogP contribution is 2.44. The summed E-state index contributed by atoms with van der Waals surface area (Å²) >= 11 is 0. The highest BCUT2D eigenvalue weighted by molar-refractivity contribution is 5.78. The first-order valence-electron chi connectivity index (χ1n) is 12.5. The Balaban J connectivity index is 1.77. The lowest BCUT2D eigenvalue weighted by Gasteiger charge is -2.24. The zero-order valence-electron chi connectivity index (χ0n) is 21.6. The Morgan fingerprint density at radius 1 is 0.421 bits per heavy atom. The zero-order valence-corrected chi connectivity index (χ0v) is 21.6. The van der Waals surface area contributed by atoms with E-state index in [0.29, 0.717) is 22.3 Å². The van der Waals surface area contributed by atoms with Crippen molar-refractivity contribution in [1.29, 1.82) is 0 Å². The normalized spacial score (nSPS) is 11.2. The fourth-order valence-corrected chi connectivity index (χ4v) is 5.15. The Kier molecular flexibility index (Phi) is 6.56. The van der Waals surface area contributed by atoms with Gasteiger partial charge in [0.2, 0.25) is 0 Å². The largest absolute Gasteiger partial charge is 0.507 e. The molecular weight excluding hydrogens is 472 g/mol. The van der Waals surface area contributed by atoms with Gasteiger partial charge in [-0.15, -0.1) is 0 Å². The fraction of sp³-hybridized carbons (Fsp3) is 0.118. The molecule has 0 spiro atoms. The number of hydrogen-bond donors (Lipinski definition) is 4. The van der Waals surface area contributed by atoms with Crippen molar-refractivity contribution in [2.45, 2.75) is 26.7 Å². The third-order valence-electron chi connectivity index (χ3n) is 7.29. The minimum absolute atomic E-state index is 0.0754. The van der Waals surface area contributed by atoms with Gasteiger partial charge in [0.15, 0.2) is 0 Å². The number of benzene rings is 5. The summed E-state index contributed by atoms with van der Waals surface area (Å²) < 4.78 is 0. The van der Waals surface area contributed by atoms with Gasteiger partial charge in [0.1, 0.15) is 23.0 Å². The Bertz CT molecular complexity index is 1560. The summed E-state index contributed by atoms with van der Waals surface area (Å²) in [7, 11) is 0. The van der Waals surface area contributed by atoms with Crippen molar-refractivity contribution in [2.75, 3.05) is 0 Å². The first kappa shape index (κ1) is 25.0. The quantitative estimate of drug-likeness (QED) is 0.184. The van der Waals surface area contributed by atoms with Gasteiger partial charge in [0.05, 0.1) is 0 Å². The maximum Gasteiger partial charge on any atom is 0.123 e. The Hall–Kier alpha value is -4.70. The van der Waals surface area contributed by atoms with Crippen LogP contribution in [0.15, 0.2) is 97.1 Å². The Labute approximate surface area is 222 Å². The molecule has 4 N–H and O–H groups in total. The third kappa shape index (κ3) is 4.57. The summed E-state index contributed by atoms with van der Waals surface area (Å²) in [5.74, 6) is 0.0817. The molecule has 0 bridgehead atoms. The second-order valence-electron chi connectivity index (χ2n) is 9.81. The average Bonchev–Trinajstić information content (AvgIpc) is 2.90. The smallest absolute Gasteiger partial charge is 0.123 e. The molecule has 0 atom stereocenters. The van der Waals surface area contributed by atoms with E-state index in [2.05, 4.69) is 32.9 Å². The van der Waals surface area contributed by atoms with Crippen molar-refractivity contribution in [1.82, 2.24) is 0 Å². The van der Waals surface area contributed by atoms with Crippen LogP contribution in [0.2, 0.25) is 0 Å². The van der Waals surface area contributed by atoms with Crippen LogP contribution in [0.3, 0.4) is 0 Å². The van der Waals surface area contributed by atoms with Gasteiger partial charge in [-0.25, -0.2) is 0 Å². The van der Waals surface area contributed by atoms with Crippen molar-refractivity contribution in [3.05, 3.63) is 130 Å². The maximum atomic E-state index is 10.8. The minimum atomic E-state index is -0.246. The molecule has 0 aromatic heterocycles. The molecule has 0 aliphatic heterocycles. The zero-order chi connectivity index (χ0) is 27.0. The van der Waals surface area contributed by atoms with E-state index >= 15 is 0 Å². The van der Waals surface area contributed by atoms with Crippen LogP contribution in [0, 0.1) is 20.8 Å². The molecule has 0 aliphatic carbocycles. The summed E-state index contributed by atoms with van der Waals surface area (Å²) in [6, 6.07) is 29.2. The van der Waals surface area contributed by atoms with E-state index in [0.717, 1.165) is 27.8 Å². The van der Waals surface area contributed by atoms with Crippen LogP contribution in [-0.4, -0.2) is 20.4 Å². The summed E-state index contributed by atoms with van der Waals surface area (Å²) in [4.78, 5) is 0. The van der Waals surface area contributed by atoms with E-state index < -0.39 is 0 Å². The van der Waals surface area contributed by atoms with Crippen LogP contribution in [-0.2, 0) is 0 Å². The number of phenolic OH excluding ortho intramolecular Hbond substituents is 4. The van der Waals surface area contributed by atoms with E-state index in [4.69, 9.17) is 0 Å². The molecule has 0 unspecified atom stereocenters. The molecular formula is C34H30O4. The second kappa shape index (κ2) is 9.98. The van der Waals surface area contributed by atoms with E-state index in [1.165, 1.54) is 5.56 Å². The molecule has 5 rings (SSSR count). The van der Waals surface area contributed by atoms with Gasteiger partial charge >= 0.3 is 0 Å². The molecule has 5 aromatic carbocycles. The molecule has 0 aliphatic rings. The van der Waals surface area contributed by atoms with Crippen LogP contribution < -0.4 is 0 Å². The molecule has 0 saturated heterocycles. The first-order chi connectivity index (χ1) is 18.2. The number of para-hydroxylation sites is 2. The van der Waals surface area contributed by atoms with E-state index in [-0.39, 0.29) is 28.9 Å². The number of aromatic hydroxyl groups is 4. The lowest BCUT2D eigenvalue weighted by molar-refractivity contribution is 0.468. The molecule has 4 heteroatoms. The van der Waals surface area contributed by atoms with Crippen LogP contribution >= 0.6 is 0 Å². The van der Waals surface area contributed by atoms with Crippen molar-refractivity contribution in [3.63, 3.8) is 0 Å². The SMILES string of the molecule is Cc1cc(C)c(C(c2ccc(O)c(-c3ccccc3O)c2)c2ccc(O)c(-c3ccccc3O)c2)cc1C. The minimum Gasteiger partial charge on any atom is -0.507 e. The van der Waals surface area contributed by atoms with Gasteiger partial charge in [-0.05, 0) is 90.6 Å². The lowest BCUT2D eigenvalue weighted by Crippen LogP contribution is -2.07. The lowest BCUT2D eigenvalue weighted by atomic mass is 9.80. The fourth-order valence-electron chi connectivity index (χ4n) is 5.15. The summed E-state index contributed by atoms with van der Waals surface area (Å²) in [5, 5.41) is 42.6. The first-order valence-corrected chi connectivity index (χ1v) is 12.5. The predicted molar refractivity (Wildman–Crippen MR) is 152 cm³/mol. The molecule has 0 amide bonds. The maximum absolute atomic E-state index is 10.8. The van der Waals surface area contributed by atoms with Crippen LogP contribution in [0.5, 0.6) is 23.0 Å². The van der Waals surface area contributed by atoms with Crippen molar-refractivity contribution < 1.29 is 20.4 Å². The molecule has 190 valence electrons. The summed E-state index contributed by atoms with van der Waals surface area (Å²) in [5.41, 5.74) is 8.57. The molecule has 38 heavy (non-hydrogen) atoms. The van der Waals surface area contributed by atoms with Crippen LogP contribution in [0.4, 0.5) is 0 Å². The number of aryl methyl sites for hydroxylation is 3. The number of hydrogen-bond acceptors (Lipinski definition) is 4. The molecule has 0 saturated carbocycles. The van der Waals surface area contributed by atoms with Gasteiger partial charge in [0.25, 0.3) is 0 Å². The van der Waals surface area contributed by atoms with E-state index in [9.17, 15) is 20.4 Å². The molecule has 0 radical (unpaired) electrons.